The number of furan rings is 1. The van der Waals surface area contributed by atoms with Gasteiger partial charge in [0.2, 0.25) is 11.6 Å². The molecule has 12 heteroatoms. The molecule has 4 aromatic rings. The van der Waals surface area contributed by atoms with Gasteiger partial charge in [0.05, 0.1) is 17.4 Å². The molecule has 0 unspecified atom stereocenters. The van der Waals surface area contributed by atoms with Gasteiger partial charge in [0, 0.05) is 0 Å². The van der Waals surface area contributed by atoms with Crippen molar-refractivity contribution in [3.63, 3.8) is 0 Å². The minimum Gasteiger partial charge on any atom is -0.463 e. The highest BCUT2D eigenvalue weighted by Gasteiger charge is 2.25. The number of nitrogens with one attached hydrogen (secondary N) is 1. The quantitative estimate of drug-likeness (QED) is 0.394. The smallest absolute Gasteiger partial charge is 0.294 e. The molecular formula is C14H10N8O3S. The molecule has 0 atom stereocenters. The van der Waals surface area contributed by atoms with E-state index in [2.05, 4.69) is 35.8 Å². The summed E-state index contributed by atoms with van der Waals surface area (Å²) >= 11 is 1.40. The van der Waals surface area contributed by atoms with Crippen molar-refractivity contribution in [1.82, 2.24) is 30.7 Å². The normalized spacial score (nSPS) is 11.2. The van der Waals surface area contributed by atoms with Crippen LogP contribution in [0.5, 0.6) is 0 Å². The van der Waals surface area contributed by atoms with Crippen molar-refractivity contribution < 1.29 is 13.8 Å². The maximum Gasteiger partial charge on any atom is 0.294 e. The van der Waals surface area contributed by atoms with Crippen molar-refractivity contribution in [2.45, 2.75) is 0 Å². The number of hydrogen-bond acceptors (Lipinski definition) is 10. The Hall–Kier alpha value is -3.80. The highest BCUT2D eigenvalue weighted by atomic mass is 32.1. The van der Waals surface area contributed by atoms with Gasteiger partial charge in [-0.25, -0.2) is 10.1 Å². The van der Waals surface area contributed by atoms with Crippen LogP contribution in [0.4, 0.5) is 5.82 Å². The lowest BCUT2D eigenvalue weighted by atomic mass is 10.2. The molecule has 0 saturated heterocycles. The lowest BCUT2D eigenvalue weighted by Gasteiger charge is -2.02. The van der Waals surface area contributed by atoms with E-state index in [-0.39, 0.29) is 17.3 Å². The highest BCUT2D eigenvalue weighted by Crippen LogP contribution is 2.29. The predicted molar refractivity (Wildman–Crippen MR) is 90.7 cm³/mol. The van der Waals surface area contributed by atoms with Gasteiger partial charge in [-0.1, -0.05) is 11.3 Å². The Morgan fingerprint density at radius 1 is 1.35 bits per heavy atom. The third-order valence-corrected chi connectivity index (χ3v) is 4.11. The molecule has 0 aliphatic heterocycles. The number of anilines is 1. The van der Waals surface area contributed by atoms with Crippen molar-refractivity contribution in [2.24, 2.45) is 5.10 Å². The summed E-state index contributed by atoms with van der Waals surface area (Å²) in [7, 11) is 0. The summed E-state index contributed by atoms with van der Waals surface area (Å²) in [6.07, 6.45) is 2.87. The number of nitrogens with zero attached hydrogens (tertiary/aromatic N) is 6. The summed E-state index contributed by atoms with van der Waals surface area (Å²) in [5.74, 6) is 0.0981. The van der Waals surface area contributed by atoms with E-state index in [1.807, 2.05) is 17.5 Å². The Balaban J connectivity index is 1.69. The van der Waals surface area contributed by atoms with Gasteiger partial charge in [-0.05, 0) is 33.9 Å². The largest absolute Gasteiger partial charge is 0.463 e. The average Bonchev–Trinajstić information content (AvgIpc) is 3.41. The molecule has 130 valence electrons. The van der Waals surface area contributed by atoms with Crippen LogP contribution in [-0.2, 0) is 0 Å². The molecule has 4 heterocycles. The van der Waals surface area contributed by atoms with Gasteiger partial charge in [0.15, 0.2) is 5.69 Å². The molecule has 0 spiro atoms. The molecule has 4 aromatic heterocycles. The number of thiophene rings is 1. The number of hydrogen-bond donors (Lipinski definition) is 2. The molecular weight excluding hydrogens is 360 g/mol. The van der Waals surface area contributed by atoms with E-state index >= 15 is 0 Å². The average molecular weight is 370 g/mol. The molecule has 3 N–H and O–H groups in total. The van der Waals surface area contributed by atoms with E-state index < -0.39 is 5.91 Å². The molecule has 0 fully saturated rings. The third-order valence-electron chi connectivity index (χ3n) is 3.24. The molecule has 1 amide bonds. The molecule has 0 bridgehead atoms. The summed E-state index contributed by atoms with van der Waals surface area (Å²) in [6.45, 7) is 0. The van der Waals surface area contributed by atoms with E-state index in [4.69, 9.17) is 10.2 Å². The summed E-state index contributed by atoms with van der Waals surface area (Å²) < 4.78 is 11.0. The number of carbonyl (C=O) groups is 1. The Morgan fingerprint density at radius 3 is 2.96 bits per heavy atom. The fourth-order valence-corrected chi connectivity index (χ4v) is 2.88. The molecule has 11 nitrogen and oxygen atoms in total. The first-order valence-corrected chi connectivity index (χ1v) is 8.07. The van der Waals surface area contributed by atoms with Crippen LogP contribution in [0, 0.1) is 0 Å². The van der Waals surface area contributed by atoms with Crippen LogP contribution in [0.1, 0.15) is 16.2 Å². The molecule has 0 aliphatic carbocycles. The lowest BCUT2D eigenvalue weighted by molar-refractivity contribution is 0.0951. The van der Waals surface area contributed by atoms with Crippen molar-refractivity contribution in [3.8, 4) is 16.4 Å². The van der Waals surface area contributed by atoms with Crippen molar-refractivity contribution in [3.05, 3.63) is 47.4 Å². The van der Waals surface area contributed by atoms with Crippen LogP contribution < -0.4 is 11.2 Å². The number of nitrogens with two attached hydrogens (primary N) is 1. The highest BCUT2D eigenvalue weighted by molar-refractivity contribution is 7.13. The van der Waals surface area contributed by atoms with Crippen LogP contribution in [0.2, 0.25) is 0 Å². The second kappa shape index (κ2) is 6.60. The molecule has 0 aromatic carbocycles. The third kappa shape index (κ3) is 2.84. The minimum absolute atomic E-state index is 0.0236. The Labute approximate surface area is 149 Å². The second-order valence-electron chi connectivity index (χ2n) is 4.86. The van der Waals surface area contributed by atoms with Gasteiger partial charge < -0.3 is 10.2 Å². The number of aromatic nitrogens is 5. The molecule has 4 rings (SSSR count). The Bertz CT molecular complexity index is 1050. The van der Waals surface area contributed by atoms with Gasteiger partial charge in [0.25, 0.3) is 5.91 Å². The van der Waals surface area contributed by atoms with Gasteiger partial charge in [-0.3, -0.25) is 4.79 Å². The molecule has 26 heavy (non-hydrogen) atoms. The van der Waals surface area contributed by atoms with Gasteiger partial charge >= 0.3 is 0 Å². The number of nitrogen functional groups attached to an aromatic ring is 1. The van der Waals surface area contributed by atoms with Crippen LogP contribution in [-0.4, -0.2) is 37.4 Å². The molecule has 0 radical (unpaired) electrons. The minimum atomic E-state index is -0.558. The Kier molecular flexibility index (Phi) is 3.99. The number of amides is 1. The molecule has 0 aliphatic rings. The standard InChI is InChI=1S/C14H10N8O3S/c15-12-13(20-25-19-12)22-11(9-4-2-6-26-9)10(17-21-22)14(23)18-16-7-8-3-1-5-24-8/h1-7H,(H2,15,19)(H,18,23)/b16-7+. The number of hydrazone groups is 1. The van der Waals surface area contributed by atoms with E-state index in [0.29, 0.717) is 11.5 Å². The zero-order valence-electron chi connectivity index (χ0n) is 12.9. The fourth-order valence-electron chi connectivity index (χ4n) is 2.13. The van der Waals surface area contributed by atoms with Crippen LogP contribution in [0.15, 0.2) is 50.1 Å². The van der Waals surface area contributed by atoms with Crippen LogP contribution in [0.25, 0.3) is 16.4 Å². The summed E-state index contributed by atoms with van der Waals surface area (Å²) in [5.41, 5.74) is 8.55. The fraction of sp³-hybridized carbons (Fsp3) is 0. The monoisotopic (exact) mass is 370 g/mol. The first-order valence-electron chi connectivity index (χ1n) is 7.19. The van der Waals surface area contributed by atoms with Crippen molar-refractivity contribution >= 4 is 29.3 Å². The first kappa shape index (κ1) is 15.7. The van der Waals surface area contributed by atoms with Gasteiger partial charge in [0.1, 0.15) is 11.5 Å². The number of carbonyl (C=O) groups excluding carboxylic acids is 1. The lowest BCUT2D eigenvalue weighted by Crippen LogP contribution is -2.19. The summed E-state index contributed by atoms with van der Waals surface area (Å²) in [5, 5.41) is 20.8. The number of rotatable bonds is 5. The first-order chi connectivity index (χ1) is 12.7. The zero-order valence-corrected chi connectivity index (χ0v) is 13.8. The van der Waals surface area contributed by atoms with Crippen molar-refractivity contribution in [1.29, 1.82) is 0 Å². The maximum absolute atomic E-state index is 12.5. The van der Waals surface area contributed by atoms with Crippen molar-refractivity contribution in [2.75, 3.05) is 5.73 Å². The van der Waals surface area contributed by atoms with E-state index in [1.165, 1.54) is 28.5 Å². The van der Waals surface area contributed by atoms with E-state index in [9.17, 15) is 4.79 Å². The molecule has 0 saturated carbocycles. The zero-order chi connectivity index (χ0) is 17.9. The Morgan fingerprint density at radius 2 is 2.27 bits per heavy atom. The predicted octanol–water partition coefficient (Wildman–Crippen LogP) is 1.32. The van der Waals surface area contributed by atoms with Crippen LogP contribution in [0.3, 0.4) is 0 Å². The summed E-state index contributed by atoms with van der Waals surface area (Å²) in [4.78, 5) is 13.2. The second-order valence-corrected chi connectivity index (χ2v) is 5.81. The topological polar surface area (TPSA) is 150 Å². The SMILES string of the molecule is Nc1nonc1-n1nnc(C(=O)N/N=C/c2ccco2)c1-c1cccs1. The maximum atomic E-state index is 12.5. The van der Waals surface area contributed by atoms with Crippen LogP contribution >= 0.6 is 11.3 Å². The van der Waals surface area contributed by atoms with Gasteiger partial charge in [-0.15, -0.1) is 16.4 Å². The van der Waals surface area contributed by atoms with E-state index in [0.717, 1.165) is 4.88 Å². The summed E-state index contributed by atoms with van der Waals surface area (Å²) in [6, 6.07) is 7.05. The van der Waals surface area contributed by atoms with E-state index in [1.54, 1.807) is 12.1 Å². The van der Waals surface area contributed by atoms with Gasteiger partial charge in [-0.2, -0.15) is 9.78 Å².